The second-order valence-electron chi connectivity index (χ2n) is 16.5. The zero-order valence-electron chi connectivity index (χ0n) is 35.3. The smallest absolute Gasteiger partial charge is 0.408 e. The van der Waals surface area contributed by atoms with Crippen LogP contribution in [0.3, 0.4) is 0 Å². The van der Waals surface area contributed by atoms with E-state index in [2.05, 4.69) is 26.6 Å². The summed E-state index contributed by atoms with van der Waals surface area (Å²) in [7, 11) is 0. The number of nitrogens with one attached hydrogen (secondary N) is 5. The zero-order valence-corrected chi connectivity index (χ0v) is 35.3. The summed E-state index contributed by atoms with van der Waals surface area (Å²) in [6.45, 7) is 6.33. The Bertz CT molecular complexity index is 2010. The number of alkyl carbamates (subject to hydrolysis) is 1. The van der Waals surface area contributed by atoms with Gasteiger partial charge in [-0.3, -0.25) is 28.8 Å². The third-order valence-electron chi connectivity index (χ3n) is 10.3. The molecular weight excluding hydrogens is 783 g/mol. The summed E-state index contributed by atoms with van der Waals surface area (Å²) in [6.07, 6.45) is 3.64. The number of ether oxygens (including phenoxy) is 3. The van der Waals surface area contributed by atoms with Crippen molar-refractivity contribution >= 4 is 41.5 Å². The van der Waals surface area contributed by atoms with E-state index < -0.39 is 77.8 Å². The van der Waals surface area contributed by atoms with Crippen molar-refractivity contribution in [1.29, 1.82) is 0 Å². The summed E-state index contributed by atoms with van der Waals surface area (Å²) >= 11 is 0. The molecule has 326 valence electrons. The van der Waals surface area contributed by atoms with Gasteiger partial charge in [-0.05, 0) is 86.9 Å². The molecule has 5 N–H and O–H groups in total. The van der Waals surface area contributed by atoms with Crippen LogP contribution in [0.5, 0.6) is 11.5 Å². The molecule has 3 aromatic carbocycles. The number of Topliss-reactive ketones (excluding diaryl/α,β-unsaturated/α-hetero) is 1. The number of carbonyl (C=O) groups excluding carboxylic acids is 7. The van der Waals surface area contributed by atoms with E-state index in [0.29, 0.717) is 41.9 Å². The number of esters is 1. The topological polar surface area (TPSA) is 207 Å². The molecule has 1 saturated carbocycles. The largest absolute Gasteiger partial charge is 0.460 e. The van der Waals surface area contributed by atoms with Gasteiger partial charge in [-0.15, -0.1) is 0 Å². The van der Waals surface area contributed by atoms with Crippen LogP contribution >= 0.6 is 0 Å². The van der Waals surface area contributed by atoms with Crippen molar-refractivity contribution in [2.24, 2.45) is 5.92 Å². The molecule has 4 bridgehead atoms. The van der Waals surface area contributed by atoms with Crippen molar-refractivity contribution in [1.82, 2.24) is 26.6 Å². The van der Waals surface area contributed by atoms with Crippen LogP contribution in [0.2, 0.25) is 0 Å². The summed E-state index contributed by atoms with van der Waals surface area (Å²) in [5.74, 6) is -4.11. The van der Waals surface area contributed by atoms with Gasteiger partial charge in [-0.2, -0.15) is 0 Å². The monoisotopic (exact) mass is 839 g/mol. The second kappa shape index (κ2) is 21.8. The molecular formula is C46H57N5O10. The number of hydrogen-bond donors (Lipinski definition) is 5. The summed E-state index contributed by atoms with van der Waals surface area (Å²) in [6, 6.07) is 18.2. The molecule has 3 aliphatic rings. The number of fused-ring (bicyclic) bond motifs is 10. The predicted molar refractivity (Wildman–Crippen MR) is 225 cm³/mol. The van der Waals surface area contributed by atoms with Crippen LogP contribution in [0.4, 0.5) is 4.79 Å². The summed E-state index contributed by atoms with van der Waals surface area (Å²) in [5, 5.41) is 13.4. The molecule has 4 atom stereocenters. The molecule has 5 amide bonds. The van der Waals surface area contributed by atoms with Crippen LogP contribution in [-0.2, 0) is 57.7 Å². The molecule has 2 aliphatic heterocycles. The Morgan fingerprint density at radius 1 is 0.820 bits per heavy atom. The zero-order chi connectivity index (χ0) is 43.9. The van der Waals surface area contributed by atoms with Crippen molar-refractivity contribution in [2.75, 3.05) is 6.54 Å². The average Bonchev–Trinajstić information content (AvgIpc) is 3.23. The SMILES string of the molecule is CCCC(NC(=O)[C@@H]1Cc2cccc(c2)Oc2ccc(cc2)C[C@@H](NC(=O)OC(C)(C)C)C(=O)N[C@@H](C2CCCCC2)C(=O)N1)C(=O)C(=O)NCC(=O)OCc1ccccc1. The number of rotatable bonds is 12. The predicted octanol–water partition coefficient (Wildman–Crippen LogP) is 4.73. The van der Waals surface area contributed by atoms with E-state index in [1.54, 1.807) is 100 Å². The highest BCUT2D eigenvalue weighted by molar-refractivity contribution is 6.38. The van der Waals surface area contributed by atoms with Gasteiger partial charge >= 0.3 is 12.1 Å². The van der Waals surface area contributed by atoms with Crippen LogP contribution in [-0.4, -0.2) is 77.8 Å². The number of ketones is 1. The first-order valence-corrected chi connectivity index (χ1v) is 21.0. The lowest BCUT2D eigenvalue weighted by molar-refractivity contribution is -0.146. The van der Waals surface area contributed by atoms with E-state index in [4.69, 9.17) is 14.2 Å². The summed E-state index contributed by atoms with van der Waals surface area (Å²) in [4.78, 5) is 94.8. The van der Waals surface area contributed by atoms with E-state index in [9.17, 15) is 33.6 Å². The van der Waals surface area contributed by atoms with Crippen LogP contribution < -0.4 is 31.3 Å². The first-order valence-electron chi connectivity index (χ1n) is 21.0. The fourth-order valence-corrected chi connectivity index (χ4v) is 7.30. The number of carbonyl (C=O) groups is 7. The van der Waals surface area contributed by atoms with E-state index in [-0.39, 0.29) is 31.8 Å². The molecule has 0 spiro atoms. The molecule has 61 heavy (non-hydrogen) atoms. The highest BCUT2D eigenvalue weighted by Gasteiger charge is 2.37. The molecule has 15 nitrogen and oxygen atoms in total. The highest BCUT2D eigenvalue weighted by Crippen LogP contribution is 2.28. The van der Waals surface area contributed by atoms with Gasteiger partial charge < -0.3 is 40.8 Å². The van der Waals surface area contributed by atoms with Gasteiger partial charge in [0.2, 0.25) is 23.5 Å². The van der Waals surface area contributed by atoms with Gasteiger partial charge in [0.15, 0.2) is 0 Å². The van der Waals surface area contributed by atoms with E-state index >= 15 is 0 Å². The number of benzene rings is 3. The Morgan fingerprint density at radius 3 is 2.23 bits per heavy atom. The van der Waals surface area contributed by atoms with E-state index in [0.717, 1.165) is 24.8 Å². The summed E-state index contributed by atoms with van der Waals surface area (Å²) in [5.41, 5.74) is 1.24. The van der Waals surface area contributed by atoms with Crippen LogP contribution in [0.15, 0.2) is 78.9 Å². The van der Waals surface area contributed by atoms with Crippen molar-refractivity contribution in [3.63, 3.8) is 0 Å². The standard InChI is InChI=1S/C46H57N5O10/c1-5-13-35(40(53)44(57)47-27-38(52)59-28-30-14-8-6-9-15-30)48-41(54)36-26-31-16-12-19-34(24-31)60-33-22-20-29(21-23-33)25-37(50-45(58)61-46(2,3)4)42(55)51-39(43(56)49-36)32-17-10-7-11-18-32/h6,8-9,12,14-16,19-24,32,35-37,39H,5,7,10-11,13,17-18,25-28H2,1-4H3,(H,47,57)(H,48,54)(H,49,56)(H,50,58)(H,51,55)/t35?,36-,37+,39-/m0/s1. The fraction of sp³-hybridized carbons (Fsp3) is 0.457. The minimum atomic E-state index is -1.29. The minimum Gasteiger partial charge on any atom is -0.460 e. The van der Waals surface area contributed by atoms with Gasteiger partial charge in [-0.25, -0.2) is 4.79 Å². The lowest BCUT2D eigenvalue weighted by atomic mass is 9.83. The maximum atomic E-state index is 14.5. The lowest BCUT2D eigenvalue weighted by Gasteiger charge is -2.33. The molecule has 15 heteroatoms. The average molecular weight is 840 g/mol. The summed E-state index contributed by atoms with van der Waals surface area (Å²) < 4.78 is 16.8. The van der Waals surface area contributed by atoms with Crippen molar-refractivity contribution in [2.45, 2.75) is 122 Å². The van der Waals surface area contributed by atoms with Gasteiger partial charge in [0.1, 0.15) is 48.4 Å². The molecule has 0 radical (unpaired) electrons. The van der Waals surface area contributed by atoms with Gasteiger partial charge in [0, 0.05) is 12.8 Å². The number of amides is 5. The highest BCUT2D eigenvalue weighted by atomic mass is 16.6. The van der Waals surface area contributed by atoms with Crippen LogP contribution in [0.25, 0.3) is 0 Å². The Balaban J connectivity index is 1.40. The normalized spacial score (nSPS) is 19.1. The number of hydrogen-bond acceptors (Lipinski definition) is 10. The lowest BCUT2D eigenvalue weighted by Crippen LogP contribution is -2.60. The van der Waals surface area contributed by atoms with Gasteiger partial charge in [-0.1, -0.05) is 87.2 Å². The van der Waals surface area contributed by atoms with Gasteiger partial charge in [0.05, 0.1) is 6.04 Å². The van der Waals surface area contributed by atoms with Crippen molar-refractivity contribution in [3.8, 4) is 11.5 Å². The molecule has 0 saturated heterocycles. The third kappa shape index (κ3) is 14.5. The molecule has 1 aliphatic carbocycles. The second-order valence-corrected chi connectivity index (χ2v) is 16.5. The minimum absolute atomic E-state index is 0.0119. The Labute approximate surface area is 356 Å². The van der Waals surface area contributed by atoms with E-state index in [1.165, 1.54) is 0 Å². The molecule has 1 unspecified atom stereocenters. The Kier molecular flexibility index (Phi) is 16.4. The van der Waals surface area contributed by atoms with Crippen molar-refractivity contribution in [3.05, 3.63) is 95.6 Å². The van der Waals surface area contributed by atoms with Crippen molar-refractivity contribution < 1.29 is 47.8 Å². The molecule has 1 fully saturated rings. The van der Waals surface area contributed by atoms with Gasteiger partial charge in [0.25, 0.3) is 5.91 Å². The molecule has 6 rings (SSSR count). The fourth-order valence-electron chi connectivity index (χ4n) is 7.30. The quantitative estimate of drug-likeness (QED) is 0.125. The van der Waals surface area contributed by atoms with E-state index in [1.807, 2.05) is 6.07 Å². The Morgan fingerprint density at radius 2 is 1.54 bits per heavy atom. The van der Waals surface area contributed by atoms with Crippen LogP contribution in [0.1, 0.15) is 89.3 Å². The Hall–Kier alpha value is -6.25. The maximum Gasteiger partial charge on any atom is 0.408 e. The third-order valence-corrected chi connectivity index (χ3v) is 10.3. The molecule has 2 heterocycles. The first kappa shape index (κ1) is 45.8. The van der Waals surface area contributed by atoms with Crippen LogP contribution in [0, 0.1) is 5.92 Å². The molecule has 3 aromatic rings. The first-order chi connectivity index (χ1) is 29.2. The maximum absolute atomic E-state index is 14.5. The molecule has 0 aromatic heterocycles.